The van der Waals surface area contributed by atoms with E-state index in [1.165, 1.54) is 17.8 Å². The third-order valence-corrected chi connectivity index (χ3v) is 5.91. The van der Waals surface area contributed by atoms with Gasteiger partial charge in [0.2, 0.25) is 5.16 Å². The largest absolute Gasteiger partial charge is 0.433 e. The lowest BCUT2D eigenvalue weighted by Gasteiger charge is -2.15. The summed E-state index contributed by atoms with van der Waals surface area (Å²) in [5.41, 5.74) is 4.61. The molecule has 4 aromatic rings. The number of fused-ring (bicyclic) bond motifs is 1. The van der Waals surface area contributed by atoms with Crippen LogP contribution in [0.3, 0.4) is 0 Å². The summed E-state index contributed by atoms with van der Waals surface area (Å²) in [6.07, 6.45) is 1.96. The molecular formula is C23H17N5O3S. The molecule has 2 aromatic carbocycles. The van der Waals surface area contributed by atoms with Gasteiger partial charge in [-0.1, -0.05) is 59.7 Å². The van der Waals surface area contributed by atoms with Crippen LogP contribution in [0.25, 0.3) is 17.5 Å². The van der Waals surface area contributed by atoms with Crippen LogP contribution in [0, 0.1) is 24.0 Å². The van der Waals surface area contributed by atoms with Gasteiger partial charge in [0.15, 0.2) is 11.6 Å². The molecule has 0 spiro atoms. The number of rotatable bonds is 4. The number of furan rings is 1. The van der Waals surface area contributed by atoms with Crippen LogP contribution in [0.1, 0.15) is 22.5 Å². The SMILES string of the molecule is Cc1ccc(/C=C2\Sc3nnc(-c4ccc(C)cc4)n3N=C2c2ccc([N+](=O)[O-])o2)cc1. The Morgan fingerprint density at radius 1 is 0.969 bits per heavy atom. The van der Waals surface area contributed by atoms with Gasteiger partial charge >= 0.3 is 5.88 Å². The van der Waals surface area contributed by atoms with Crippen molar-refractivity contribution in [3.63, 3.8) is 0 Å². The number of aryl methyl sites for hydroxylation is 2. The number of aromatic nitrogens is 3. The summed E-state index contributed by atoms with van der Waals surface area (Å²) in [5.74, 6) is 0.549. The first-order valence-corrected chi connectivity index (χ1v) is 10.6. The van der Waals surface area contributed by atoms with Crippen LogP contribution in [-0.2, 0) is 0 Å². The molecule has 0 atom stereocenters. The van der Waals surface area contributed by atoms with E-state index in [1.807, 2.05) is 68.5 Å². The molecule has 0 saturated heterocycles. The molecule has 0 unspecified atom stereocenters. The molecule has 0 fully saturated rings. The third kappa shape index (κ3) is 3.74. The summed E-state index contributed by atoms with van der Waals surface area (Å²) < 4.78 is 7.13. The quantitative estimate of drug-likeness (QED) is 0.307. The lowest BCUT2D eigenvalue weighted by molar-refractivity contribution is -0.402. The van der Waals surface area contributed by atoms with Crippen molar-refractivity contribution in [2.24, 2.45) is 5.10 Å². The highest BCUT2D eigenvalue weighted by atomic mass is 32.2. The van der Waals surface area contributed by atoms with E-state index >= 15 is 0 Å². The second-order valence-corrected chi connectivity index (χ2v) is 8.36. The Labute approximate surface area is 187 Å². The van der Waals surface area contributed by atoms with Gasteiger partial charge in [-0.2, -0.15) is 9.78 Å². The van der Waals surface area contributed by atoms with Gasteiger partial charge in [0, 0.05) is 10.5 Å². The van der Waals surface area contributed by atoms with Crippen LogP contribution < -0.4 is 0 Å². The van der Waals surface area contributed by atoms with Gasteiger partial charge in [-0.3, -0.25) is 10.1 Å². The summed E-state index contributed by atoms with van der Waals surface area (Å²) in [7, 11) is 0. The summed E-state index contributed by atoms with van der Waals surface area (Å²) in [4.78, 5) is 11.3. The first-order chi connectivity index (χ1) is 15.5. The molecule has 0 aliphatic carbocycles. The van der Waals surface area contributed by atoms with Crippen molar-refractivity contribution < 1.29 is 9.34 Å². The predicted octanol–water partition coefficient (Wildman–Crippen LogP) is 5.46. The summed E-state index contributed by atoms with van der Waals surface area (Å²) in [5, 5.41) is 25.1. The molecule has 1 aliphatic rings. The highest BCUT2D eigenvalue weighted by molar-refractivity contribution is 8.04. The van der Waals surface area contributed by atoms with Crippen LogP contribution >= 0.6 is 11.8 Å². The molecule has 0 bridgehead atoms. The molecule has 0 radical (unpaired) electrons. The van der Waals surface area contributed by atoms with Crippen LogP contribution in [0.4, 0.5) is 5.88 Å². The number of allylic oxidation sites excluding steroid dienone is 1. The van der Waals surface area contributed by atoms with Gasteiger partial charge in [-0.25, -0.2) is 0 Å². The molecule has 9 heteroatoms. The topological polar surface area (TPSA) is 99.3 Å². The van der Waals surface area contributed by atoms with Crippen molar-refractivity contribution in [1.29, 1.82) is 0 Å². The van der Waals surface area contributed by atoms with Crippen molar-refractivity contribution in [3.8, 4) is 11.4 Å². The minimum absolute atomic E-state index is 0.303. The molecular weight excluding hydrogens is 426 g/mol. The van der Waals surface area contributed by atoms with Crippen molar-refractivity contribution in [3.05, 3.63) is 98.1 Å². The molecule has 0 N–H and O–H groups in total. The monoisotopic (exact) mass is 443 g/mol. The summed E-state index contributed by atoms with van der Waals surface area (Å²) in [6.45, 7) is 4.04. The van der Waals surface area contributed by atoms with Crippen LogP contribution in [0.2, 0.25) is 0 Å². The van der Waals surface area contributed by atoms with Gasteiger partial charge in [0.05, 0.1) is 6.07 Å². The van der Waals surface area contributed by atoms with Gasteiger partial charge in [-0.15, -0.1) is 10.2 Å². The van der Waals surface area contributed by atoms with E-state index in [4.69, 9.17) is 9.52 Å². The maximum absolute atomic E-state index is 11.2. The molecule has 3 heterocycles. The first kappa shape index (κ1) is 20.0. The Kier molecular flexibility index (Phi) is 4.95. The summed E-state index contributed by atoms with van der Waals surface area (Å²) >= 11 is 1.39. The molecule has 5 rings (SSSR count). The number of hydrogen-bond donors (Lipinski definition) is 0. The number of benzene rings is 2. The third-order valence-electron chi connectivity index (χ3n) is 4.94. The van der Waals surface area contributed by atoms with E-state index in [-0.39, 0.29) is 5.88 Å². The molecule has 1 aliphatic heterocycles. The van der Waals surface area contributed by atoms with Crippen LogP contribution in [0.15, 0.2) is 80.2 Å². The number of thioether (sulfide) groups is 1. The van der Waals surface area contributed by atoms with Crippen molar-refractivity contribution in [2.75, 3.05) is 0 Å². The van der Waals surface area contributed by atoms with Crippen LogP contribution in [0.5, 0.6) is 0 Å². The number of nitro groups is 1. The Morgan fingerprint density at radius 3 is 2.31 bits per heavy atom. The maximum Gasteiger partial charge on any atom is 0.433 e. The molecule has 2 aromatic heterocycles. The zero-order valence-corrected chi connectivity index (χ0v) is 18.0. The number of nitrogens with zero attached hydrogens (tertiary/aromatic N) is 5. The standard InChI is InChI=1S/C23H17N5O3S/c1-14-3-7-16(8-4-14)13-19-21(18-11-12-20(31-18)28(29)30)26-27-22(24-25-23(27)32-19)17-9-5-15(2)6-10-17/h3-13H,1-2H3/b19-13-. The Morgan fingerprint density at radius 2 is 1.66 bits per heavy atom. The van der Waals surface area contributed by atoms with Gasteiger partial charge < -0.3 is 4.42 Å². The maximum atomic E-state index is 11.2. The van der Waals surface area contributed by atoms with Crippen molar-refractivity contribution in [2.45, 2.75) is 19.0 Å². The average molecular weight is 443 g/mol. The predicted molar refractivity (Wildman–Crippen MR) is 123 cm³/mol. The fraction of sp³-hybridized carbons (Fsp3) is 0.0870. The Bertz CT molecular complexity index is 1380. The highest BCUT2D eigenvalue weighted by Gasteiger charge is 2.28. The zero-order chi connectivity index (χ0) is 22.2. The smallest absolute Gasteiger partial charge is 0.399 e. The van der Waals surface area contributed by atoms with E-state index in [1.54, 1.807) is 10.7 Å². The minimum Gasteiger partial charge on any atom is -0.399 e. The van der Waals surface area contributed by atoms with Crippen molar-refractivity contribution in [1.82, 2.24) is 14.9 Å². The van der Waals surface area contributed by atoms with Gasteiger partial charge in [0.1, 0.15) is 10.6 Å². The lowest BCUT2D eigenvalue weighted by atomic mass is 10.1. The average Bonchev–Trinajstić information content (AvgIpc) is 3.43. The number of hydrogen-bond acceptors (Lipinski definition) is 7. The minimum atomic E-state index is -0.564. The Balaban J connectivity index is 1.64. The van der Waals surface area contributed by atoms with E-state index in [0.717, 1.165) is 27.2 Å². The zero-order valence-electron chi connectivity index (χ0n) is 17.2. The van der Waals surface area contributed by atoms with E-state index < -0.39 is 4.92 Å². The summed E-state index contributed by atoms with van der Waals surface area (Å²) in [6, 6.07) is 18.8. The van der Waals surface area contributed by atoms with E-state index in [2.05, 4.69) is 10.2 Å². The molecule has 8 nitrogen and oxygen atoms in total. The van der Waals surface area contributed by atoms with Gasteiger partial charge in [0.25, 0.3) is 0 Å². The lowest BCUT2D eigenvalue weighted by Crippen LogP contribution is -2.12. The fourth-order valence-electron chi connectivity index (χ4n) is 3.23. The second-order valence-electron chi connectivity index (χ2n) is 7.35. The fourth-order valence-corrected chi connectivity index (χ4v) is 4.16. The molecule has 32 heavy (non-hydrogen) atoms. The first-order valence-electron chi connectivity index (χ1n) is 9.80. The molecule has 158 valence electrons. The van der Waals surface area contributed by atoms with Crippen LogP contribution in [-0.4, -0.2) is 25.5 Å². The second kappa shape index (κ2) is 7.93. The Hall–Kier alpha value is -3.98. The highest BCUT2D eigenvalue weighted by Crippen LogP contribution is 2.37. The van der Waals surface area contributed by atoms with Crippen molar-refractivity contribution >= 4 is 29.4 Å². The van der Waals surface area contributed by atoms with E-state index in [9.17, 15) is 10.1 Å². The normalized spacial score (nSPS) is 14.3. The molecule has 0 amide bonds. The van der Waals surface area contributed by atoms with E-state index in [0.29, 0.717) is 22.5 Å². The van der Waals surface area contributed by atoms with Gasteiger partial charge in [-0.05, 0) is 43.3 Å². The molecule has 0 saturated carbocycles.